The zero-order chi connectivity index (χ0) is 8.10. The standard InChI is InChI=1S/C10H20O/c1-3-5-9(2)10-6-4-7-11-8-10/h9-10H,3-8H2,1-2H3. The summed E-state index contributed by atoms with van der Waals surface area (Å²) in [5, 5.41) is 0. The van der Waals surface area contributed by atoms with Gasteiger partial charge in [0, 0.05) is 13.2 Å². The Bertz CT molecular complexity index is 95.0. The van der Waals surface area contributed by atoms with Crippen molar-refractivity contribution in [1.29, 1.82) is 0 Å². The molecule has 0 aromatic rings. The van der Waals surface area contributed by atoms with Gasteiger partial charge < -0.3 is 4.74 Å². The lowest BCUT2D eigenvalue weighted by Gasteiger charge is -2.27. The monoisotopic (exact) mass is 156 g/mol. The minimum absolute atomic E-state index is 0.851. The van der Waals surface area contributed by atoms with Gasteiger partial charge in [0.05, 0.1) is 0 Å². The largest absolute Gasteiger partial charge is 0.381 e. The van der Waals surface area contributed by atoms with Crippen LogP contribution >= 0.6 is 0 Å². The van der Waals surface area contributed by atoms with E-state index in [-0.39, 0.29) is 0 Å². The fraction of sp³-hybridized carbons (Fsp3) is 1.00. The van der Waals surface area contributed by atoms with Crippen LogP contribution in [0.4, 0.5) is 0 Å². The summed E-state index contributed by atoms with van der Waals surface area (Å²) in [6.07, 6.45) is 5.35. The van der Waals surface area contributed by atoms with Gasteiger partial charge in [0.1, 0.15) is 0 Å². The molecule has 0 aromatic carbocycles. The zero-order valence-electron chi connectivity index (χ0n) is 7.81. The molecule has 1 saturated heterocycles. The highest BCUT2D eigenvalue weighted by atomic mass is 16.5. The summed E-state index contributed by atoms with van der Waals surface area (Å²) >= 11 is 0. The summed E-state index contributed by atoms with van der Waals surface area (Å²) in [4.78, 5) is 0. The van der Waals surface area contributed by atoms with E-state index in [2.05, 4.69) is 13.8 Å². The summed E-state index contributed by atoms with van der Waals surface area (Å²) in [5.41, 5.74) is 0. The number of hydrogen-bond acceptors (Lipinski definition) is 1. The van der Waals surface area contributed by atoms with Gasteiger partial charge in [0.25, 0.3) is 0 Å². The Morgan fingerprint density at radius 2 is 2.36 bits per heavy atom. The lowest BCUT2D eigenvalue weighted by atomic mass is 9.86. The van der Waals surface area contributed by atoms with Crippen molar-refractivity contribution in [2.24, 2.45) is 11.8 Å². The number of rotatable bonds is 3. The molecule has 1 nitrogen and oxygen atoms in total. The molecule has 1 rings (SSSR count). The van der Waals surface area contributed by atoms with Gasteiger partial charge in [-0.2, -0.15) is 0 Å². The van der Waals surface area contributed by atoms with Gasteiger partial charge >= 0.3 is 0 Å². The van der Waals surface area contributed by atoms with Crippen LogP contribution in [0.2, 0.25) is 0 Å². The molecule has 0 aromatic heterocycles. The fourth-order valence-corrected chi connectivity index (χ4v) is 1.91. The normalized spacial score (nSPS) is 28.4. The van der Waals surface area contributed by atoms with Crippen LogP contribution in [0.15, 0.2) is 0 Å². The maximum atomic E-state index is 5.45. The van der Waals surface area contributed by atoms with Crippen molar-refractivity contribution in [3.63, 3.8) is 0 Å². The first-order valence-electron chi connectivity index (χ1n) is 4.92. The molecular weight excluding hydrogens is 136 g/mol. The second kappa shape index (κ2) is 4.76. The third-order valence-electron chi connectivity index (χ3n) is 2.74. The van der Waals surface area contributed by atoms with Gasteiger partial charge in [-0.3, -0.25) is 0 Å². The third-order valence-corrected chi connectivity index (χ3v) is 2.74. The Kier molecular flexibility index (Phi) is 3.92. The molecular formula is C10H20O. The van der Waals surface area contributed by atoms with Crippen LogP contribution in [0.3, 0.4) is 0 Å². The maximum absolute atomic E-state index is 5.45. The van der Waals surface area contributed by atoms with Gasteiger partial charge in [-0.05, 0) is 24.7 Å². The van der Waals surface area contributed by atoms with E-state index >= 15 is 0 Å². The van der Waals surface area contributed by atoms with E-state index in [9.17, 15) is 0 Å². The minimum atomic E-state index is 0.851. The Hall–Kier alpha value is -0.0400. The van der Waals surface area contributed by atoms with Crippen LogP contribution in [0, 0.1) is 11.8 Å². The van der Waals surface area contributed by atoms with Gasteiger partial charge in [0.2, 0.25) is 0 Å². The van der Waals surface area contributed by atoms with Gasteiger partial charge in [0.15, 0.2) is 0 Å². The predicted octanol–water partition coefficient (Wildman–Crippen LogP) is 2.85. The Morgan fingerprint density at radius 1 is 1.55 bits per heavy atom. The van der Waals surface area contributed by atoms with E-state index < -0.39 is 0 Å². The molecule has 0 N–H and O–H groups in total. The average molecular weight is 156 g/mol. The first kappa shape index (κ1) is 9.05. The van der Waals surface area contributed by atoms with Crippen molar-refractivity contribution >= 4 is 0 Å². The van der Waals surface area contributed by atoms with E-state index in [4.69, 9.17) is 4.74 Å². The van der Waals surface area contributed by atoms with Crippen LogP contribution in [-0.4, -0.2) is 13.2 Å². The van der Waals surface area contributed by atoms with Gasteiger partial charge in [-0.15, -0.1) is 0 Å². The highest BCUT2D eigenvalue weighted by molar-refractivity contribution is 4.68. The highest BCUT2D eigenvalue weighted by Gasteiger charge is 2.19. The molecule has 66 valence electrons. The second-order valence-electron chi connectivity index (χ2n) is 3.74. The van der Waals surface area contributed by atoms with Crippen molar-refractivity contribution in [1.82, 2.24) is 0 Å². The topological polar surface area (TPSA) is 9.23 Å². The quantitative estimate of drug-likeness (QED) is 0.610. The third kappa shape index (κ3) is 2.82. The Morgan fingerprint density at radius 3 is 2.91 bits per heavy atom. The SMILES string of the molecule is CCCC(C)C1CCCOC1. The smallest absolute Gasteiger partial charge is 0.0496 e. The van der Waals surface area contributed by atoms with Crippen LogP contribution in [0.5, 0.6) is 0 Å². The predicted molar refractivity (Wildman–Crippen MR) is 47.6 cm³/mol. The molecule has 0 spiro atoms. The van der Waals surface area contributed by atoms with Crippen LogP contribution in [0.1, 0.15) is 39.5 Å². The van der Waals surface area contributed by atoms with E-state index in [1.54, 1.807) is 0 Å². The van der Waals surface area contributed by atoms with Gasteiger partial charge in [-0.25, -0.2) is 0 Å². The van der Waals surface area contributed by atoms with Gasteiger partial charge in [-0.1, -0.05) is 26.7 Å². The zero-order valence-corrected chi connectivity index (χ0v) is 7.81. The summed E-state index contributed by atoms with van der Waals surface area (Å²) in [6, 6.07) is 0. The van der Waals surface area contributed by atoms with E-state index in [1.807, 2.05) is 0 Å². The summed E-state index contributed by atoms with van der Waals surface area (Å²) < 4.78 is 5.45. The molecule has 2 unspecified atom stereocenters. The summed E-state index contributed by atoms with van der Waals surface area (Å²) in [5.74, 6) is 1.73. The summed E-state index contributed by atoms with van der Waals surface area (Å²) in [6.45, 7) is 6.64. The lowest BCUT2D eigenvalue weighted by molar-refractivity contribution is 0.0323. The molecule has 1 heteroatoms. The van der Waals surface area contributed by atoms with Crippen molar-refractivity contribution in [3.05, 3.63) is 0 Å². The van der Waals surface area contributed by atoms with Crippen LogP contribution in [0.25, 0.3) is 0 Å². The fourth-order valence-electron chi connectivity index (χ4n) is 1.91. The first-order chi connectivity index (χ1) is 5.34. The van der Waals surface area contributed by atoms with Crippen LogP contribution in [-0.2, 0) is 4.74 Å². The maximum Gasteiger partial charge on any atom is 0.0496 e. The molecule has 1 heterocycles. The molecule has 0 radical (unpaired) electrons. The number of hydrogen-bond donors (Lipinski definition) is 0. The molecule has 11 heavy (non-hydrogen) atoms. The molecule has 1 aliphatic heterocycles. The van der Waals surface area contributed by atoms with Crippen molar-refractivity contribution in [2.75, 3.05) is 13.2 Å². The minimum Gasteiger partial charge on any atom is -0.381 e. The molecule has 0 amide bonds. The van der Waals surface area contributed by atoms with Crippen molar-refractivity contribution in [3.8, 4) is 0 Å². The van der Waals surface area contributed by atoms with Crippen molar-refractivity contribution < 1.29 is 4.74 Å². The van der Waals surface area contributed by atoms with Crippen molar-refractivity contribution in [2.45, 2.75) is 39.5 Å². The molecule has 1 fully saturated rings. The molecule has 0 aliphatic carbocycles. The van der Waals surface area contributed by atoms with E-state index in [1.165, 1.54) is 25.7 Å². The van der Waals surface area contributed by atoms with Crippen LogP contribution < -0.4 is 0 Å². The number of ether oxygens (including phenoxy) is 1. The second-order valence-corrected chi connectivity index (χ2v) is 3.74. The Balaban J connectivity index is 2.21. The summed E-state index contributed by atoms with van der Waals surface area (Å²) in [7, 11) is 0. The molecule has 0 bridgehead atoms. The first-order valence-corrected chi connectivity index (χ1v) is 4.92. The molecule has 1 aliphatic rings. The highest BCUT2D eigenvalue weighted by Crippen LogP contribution is 2.25. The van der Waals surface area contributed by atoms with E-state index in [0.717, 1.165) is 25.0 Å². The lowest BCUT2D eigenvalue weighted by Crippen LogP contribution is -2.23. The average Bonchev–Trinajstić information content (AvgIpc) is 2.07. The Labute approximate surface area is 70.1 Å². The van der Waals surface area contributed by atoms with E-state index in [0.29, 0.717) is 0 Å². The molecule has 0 saturated carbocycles. The molecule has 2 atom stereocenters.